The molecule has 38 heavy (non-hydrogen) atoms. The van der Waals surface area contributed by atoms with Gasteiger partial charge in [0.2, 0.25) is 6.29 Å². The number of aromatic hydroxyl groups is 3. The summed E-state index contributed by atoms with van der Waals surface area (Å²) >= 11 is 0. The monoisotopic (exact) mass is 534 g/mol. The molecule has 204 valence electrons. The number of benzene rings is 2. The van der Waals surface area contributed by atoms with Crippen LogP contribution in [0, 0.1) is 5.92 Å². The largest absolute Gasteiger partial charge is 0.504 e. The summed E-state index contributed by atoms with van der Waals surface area (Å²) < 4.78 is 15.8. The van der Waals surface area contributed by atoms with Crippen LogP contribution in [0.4, 0.5) is 0 Å². The van der Waals surface area contributed by atoms with E-state index >= 15 is 0 Å². The van der Waals surface area contributed by atoms with Gasteiger partial charge in [-0.2, -0.15) is 0 Å². The van der Waals surface area contributed by atoms with E-state index in [0.29, 0.717) is 0 Å². The Labute approximate surface area is 215 Å². The maximum Gasteiger partial charge on any atom is 0.332 e. The number of methoxy groups -OCH3 is 1. The second kappa shape index (κ2) is 10.5. The number of fused-ring (bicyclic) bond motifs is 1. The van der Waals surface area contributed by atoms with Crippen LogP contribution in [-0.2, 0) is 19.1 Å². The summed E-state index contributed by atoms with van der Waals surface area (Å²) in [6.45, 7) is -0.711. The van der Waals surface area contributed by atoms with Crippen LogP contribution in [0.3, 0.4) is 0 Å². The number of carbonyl (C=O) groups excluding carboxylic acids is 1. The molecule has 1 heterocycles. The van der Waals surface area contributed by atoms with Gasteiger partial charge in [0, 0.05) is 5.92 Å². The minimum Gasteiger partial charge on any atom is -0.504 e. The van der Waals surface area contributed by atoms with Crippen molar-refractivity contribution in [2.45, 2.75) is 36.6 Å². The summed E-state index contributed by atoms with van der Waals surface area (Å²) in [5.41, 5.74) is 0.281. The number of hydrogen-bond donors (Lipinski definition) is 8. The van der Waals surface area contributed by atoms with Crippen LogP contribution in [0.25, 0.3) is 6.08 Å². The molecule has 0 unspecified atom stereocenters. The normalized spacial score (nSPS) is 28.7. The molecule has 0 bridgehead atoms. The number of phenolic OH excluding ortho intramolecular Hbond substituents is 3. The van der Waals surface area contributed by atoms with Crippen LogP contribution >= 0.6 is 0 Å². The molecule has 13 nitrogen and oxygen atoms in total. The molecule has 13 heteroatoms. The number of phenols is 3. The SMILES string of the molecule is COC(=O)[C@@H]1C(C(=O)O)=Cc2cc(O)c(O[C@@H]3O[C@H](CO)[C@@H](O)[C@H](O)[C@H]3O)cc2[C@H]1c1ccc(O)c(O)c1. The van der Waals surface area contributed by atoms with Gasteiger partial charge in [-0.15, -0.1) is 0 Å². The Kier molecular flexibility index (Phi) is 7.49. The lowest BCUT2D eigenvalue weighted by atomic mass is 9.71. The smallest absolute Gasteiger partial charge is 0.332 e. The number of ether oxygens (including phenoxy) is 3. The zero-order valence-corrected chi connectivity index (χ0v) is 19.8. The Hall–Kier alpha value is -3.88. The van der Waals surface area contributed by atoms with Crippen LogP contribution in [0.15, 0.2) is 35.9 Å². The van der Waals surface area contributed by atoms with E-state index in [1.165, 1.54) is 18.2 Å². The Morgan fingerprint density at radius 2 is 1.66 bits per heavy atom. The van der Waals surface area contributed by atoms with Crippen LogP contribution in [0.5, 0.6) is 23.0 Å². The zero-order chi connectivity index (χ0) is 27.9. The van der Waals surface area contributed by atoms with E-state index < -0.39 is 78.3 Å². The molecule has 0 spiro atoms. The van der Waals surface area contributed by atoms with E-state index in [0.717, 1.165) is 25.3 Å². The Morgan fingerprint density at radius 3 is 2.26 bits per heavy atom. The molecule has 2 aromatic rings. The molecule has 1 fully saturated rings. The third kappa shape index (κ3) is 4.73. The lowest BCUT2D eigenvalue weighted by molar-refractivity contribution is -0.277. The van der Waals surface area contributed by atoms with Crippen LogP contribution < -0.4 is 4.74 Å². The van der Waals surface area contributed by atoms with Crippen molar-refractivity contribution in [3.63, 3.8) is 0 Å². The maximum absolute atomic E-state index is 12.8. The van der Waals surface area contributed by atoms with E-state index in [4.69, 9.17) is 14.2 Å². The molecule has 0 aromatic heterocycles. The first-order chi connectivity index (χ1) is 18.0. The predicted molar refractivity (Wildman–Crippen MR) is 125 cm³/mol. The van der Waals surface area contributed by atoms with E-state index in [1.807, 2.05) is 0 Å². The van der Waals surface area contributed by atoms with Gasteiger partial charge in [0.1, 0.15) is 24.4 Å². The van der Waals surface area contributed by atoms with Gasteiger partial charge in [0.05, 0.1) is 25.2 Å². The number of carboxylic acids is 1. The van der Waals surface area contributed by atoms with Crippen molar-refractivity contribution < 1.29 is 64.7 Å². The number of carboxylic acid groups (broad SMARTS) is 1. The summed E-state index contributed by atoms with van der Waals surface area (Å²) in [6.07, 6.45) is -6.92. The molecular formula is C25H26O13. The summed E-state index contributed by atoms with van der Waals surface area (Å²) in [6, 6.07) is 6.08. The number of aliphatic hydroxyl groups excluding tert-OH is 4. The Bertz CT molecular complexity index is 1270. The second-order valence-electron chi connectivity index (χ2n) is 8.90. The summed E-state index contributed by atoms with van der Waals surface area (Å²) in [4.78, 5) is 24.9. The average molecular weight is 534 g/mol. The molecule has 4 rings (SSSR count). The van der Waals surface area contributed by atoms with Crippen LogP contribution in [0.2, 0.25) is 0 Å². The third-order valence-corrected chi connectivity index (χ3v) is 6.63. The van der Waals surface area contributed by atoms with Gasteiger partial charge in [0.15, 0.2) is 23.0 Å². The maximum atomic E-state index is 12.8. The summed E-state index contributed by atoms with van der Waals surface area (Å²) in [5, 5.41) is 80.2. The number of carbonyl (C=O) groups is 2. The molecule has 7 atom stereocenters. The first kappa shape index (κ1) is 27.2. The fourth-order valence-corrected chi connectivity index (χ4v) is 4.69. The molecule has 0 amide bonds. The highest BCUT2D eigenvalue weighted by atomic mass is 16.7. The lowest BCUT2D eigenvalue weighted by Gasteiger charge is -2.39. The average Bonchev–Trinajstić information content (AvgIpc) is 2.89. The third-order valence-electron chi connectivity index (χ3n) is 6.63. The number of aliphatic carboxylic acids is 1. The quantitative estimate of drug-likeness (QED) is 0.171. The topological polar surface area (TPSA) is 224 Å². The van der Waals surface area contributed by atoms with E-state index in [9.17, 15) is 50.4 Å². The minimum absolute atomic E-state index is 0.179. The van der Waals surface area contributed by atoms with Crippen molar-refractivity contribution in [2.75, 3.05) is 13.7 Å². The Morgan fingerprint density at radius 1 is 0.947 bits per heavy atom. The van der Waals surface area contributed by atoms with E-state index in [-0.39, 0.29) is 28.0 Å². The fourth-order valence-electron chi connectivity index (χ4n) is 4.69. The molecule has 8 N–H and O–H groups in total. The van der Waals surface area contributed by atoms with Crippen LogP contribution in [0.1, 0.15) is 22.6 Å². The van der Waals surface area contributed by atoms with E-state index in [1.54, 1.807) is 0 Å². The van der Waals surface area contributed by atoms with E-state index in [2.05, 4.69) is 0 Å². The Balaban J connectivity index is 1.85. The summed E-state index contributed by atoms with van der Waals surface area (Å²) in [7, 11) is 1.08. The van der Waals surface area contributed by atoms with Gasteiger partial charge in [0.25, 0.3) is 0 Å². The molecule has 2 aromatic carbocycles. The molecule has 0 radical (unpaired) electrons. The zero-order valence-electron chi connectivity index (χ0n) is 19.8. The molecule has 0 saturated carbocycles. The minimum atomic E-state index is -1.78. The van der Waals surface area contributed by atoms with Gasteiger partial charge in [-0.3, -0.25) is 4.79 Å². The van der Waals surface area contributed by atoms with Gasteiger partial charge < -0.3 is 55.1 Å². The molecule has 1 aliphatic carbocycles. The number of aliphatic hydroxyl groups is 4. The van der Waals surface area contributed by atoms with Gasteiger partial charge in [-0.1, -0.05) is 6.07 Å². The van der Waals surface area contributed by atoms with Crippen molar-refractivity contribution in [3.05, 3.63) is 52.6 Å². The lowest BCUT2D eigenvalue weighted by Crippen LogP contribution is -2.60. The van der Waals surface area contributed by atoms with Crippen molar-refractivity contribution >= 4 is 18.0 Å². The van der Waals surface area contributed by atoms with Gasteiger partial charge in [-0.25, -0.2) is 4.79 Å². The highest BCUT2D eigenvalue weighted by molar-refractivity contribution is 6.01. The standard InChI is InChI=1S/C25H26O13/c1-36-24(35)19-12(23(33)34)4-10-6-15(29)16(37-25-22(32)21(31)20(30)17(8-26)38-25)7-11(10)18(19)9-2-3-13(27)14(28)5-9/h2-7,17-22,25-32H,8H2,1H3,(H,33,34)/t17-,18-,19-,20-,21+,22-,25-/m1/s1. The van der Waals surface area contributed by atoms with Crippen molar-refractivity contribution in [3.8, 4) is 23.0 Å². The van der Waals surface area contributed by atoms with Crippen molar-refractivity contribution in [2.24, 2.45) is 5.92 Å². The van der Waals surface area contributed by atoms with Crippen molar-refractivity contribution in [1.82, 2.24) is 0 Å². The highest BCUT2D eigenvalue weighted by Gasteiger charge is 2.46. The molecule has 1 aliphatic heterocycles. The summed E-state index contributed by atoms with van der Waals surface area (Å²) in [5.74, 6) is -6.69. The number of esters is 1. The first-order valence-electron chi connectivity index (χ1n) is 11.4. The van der Waals surface area contributed by atoms with Crippen molar-refractivity contribution in [1.29, 1.82) is 0 Å². The molecule has 2 aliphatic rings. The first-order valence-corrected chi connectivity index (χ1v) is 11.4. The predicted octanol–water partition coefficient (Wildman–Crippen LogP) is -0.615. The fraction of sp³-hybridized carbons (Fsp3) is 0.360. The number of hydrogen-bond acceptors (Lipinski definition) is 12. The van der Waals surface area contributed by atoms with Gasteiger partial charge >= 0.3 is 11.9 Å². The number of rotatable bonds is 6. The van der Waals surface area contributed by atoms with Gasteiger partial charge in [-0.05, 0) is 47.0 Å². The highest BCUT2D eigenvalue weighted by Crippen LogP contribution is 2.48. The molecular weight excluding hydrogens is 508 g/mol. The second-order valence-corrected chi connectivity index (χ2v) is 8.90. The van der Waals surface area contributed by atoms with Crippen LogP contribution in [-0.4, -0.2) is 97.2 Å². The molecule has 1 saturated heterocycles.